The molecule has 0 bridgehead atoms. The number of rotatable bonds is 2. The van der Waals surface area contributed by atoms with E-state index in [1.165, 1.54) is 4.90 Å². The van der Waals surface area contributed by atoms with Crippen LogP contribution in [0, 0.1) is 0 Å². The predicted molar refractivity (Wildman–Crippen MR) is 66.3 cm³/mol. The third-order valence-corrected chi connectivity index (χ3v) is 2.90. The molecule has 0 spiro atoms. The van der Waals surface area contributed by atoms with Gasteiger partial charge in [-0.25, -0.2) is 4.79 Å². The molecule has 0 aliphatic carbocycles. The van der Waals surface area contributed by atoms with E-state index in [0.717, 1.165) is 0 Å². The van der Waals surface area contributed by atoms with Gasteiger partial charge in [0.1, 0.15) is 11.8 Å². The maximum absolute atomic E-state index is 12.0. The number of hydrogen-bond donors (Lipinski definition) is 1. The van der Waals surface area contributed by atoms with Gasteiger partial charge in [-0.05, 0) is 18.6 Å². The standard InChI is InChI=1S/C13H16N2O3/c1-2-11-12(16)14-8-9-15(11)13(17)18-10-6-4-3-5-7-10/h3-7,11H,2,8-9H2,1H3,(H,14,16). The van der Waals surface area contributed by atoms with Crippen LogP contribution in [0.2, 0.25) is 0 Å². The lowest BCUT2D eigenvalue weighted by molar-refractivity contribution is -0.128. The summed E-state index contributed by atoms with van der Waals surface area (Å²) in [5.41, 5.74) is 0. The highest BCUT2D eigenvalue weighted by Crippen LogP contribution is 2.14. The van der Waals surface area contributed by atoms with E-state index in [0.29, 0.717) is 25.3 Å². The second kappa shape index (κ2) is 5.53. The van der Waals surface area contributed by atoms with Crippen LogP contribution in [0.1, 0.15) is 13.3 Å². The van der Waals surface area contributed by atoms with Crippen molar-refractivity contribution < 1.29 is 14.3 Å². The highest BCUT2D eigenvalue weighted by Gasteiger charge is 2.32. The van der Waals surface area contributed by atoms with Crippen LogP contribution >= 0.6 is 0 Å². The molecule has 1 atom stereocenters. The van der Waals surface area contributed by atoms with Crippen molar-refractivity contribution in [1.82, 2.24) is 10.2 Å². The summed E-state index contributed by atoms with van der Waals surface area (Å²) in [6.07, 6.45) is 0.110. The Balaban J connectivity index is 2.05. The summed E-state index contributed by atoms with van der Waals surface area (Å²) < 4.78 is 5.24. The van der Waals surface area contributed by atoms with Gasteiger partial charge in [0.25, 0.3) is 0 Å². The second-order valence-electron chi connectivity index (χ2n) is 4.09. The number of para-hydroxylation sites is 1. The zero-order chi connectivity index (χ0) is 13.0. The largest absolute Gasteiger partial charge is 0.415 e. The summed E-state index contributed by atoms with van der Waals surface area (Å²) >= 11 is 0. The Morgan fingerprint density at radius 1 is 1.44 bits per heavy atom. The molecule has 1 aliphatic rings. The van der Waals surface area contributed by atoms with E-state index in [1.54, 1.807) is 24.3 Å². The number of ether oxygens (including phenoxy) is 1. The molecule has 0 aromatic heterocycles. The van der Waals surface area contributed by atoms with Gasteiger partial charge in [-0.3, -0.25) is 9.69 Å². The topological polar surface area (TPSA) is 58.6 Å². The molecule has 1 saturated heterocycles. The van der Waals surface area contributed by atoms with Crippen molar-refractivity contribution >= 4 is 12.0 Å². The molecule has 1 unspecified atom stereocenters. The zero-order valence-corrected chi connectivity index (χ0v) is 10.3. The van der Waals surface area contributed by atoms with Crippen LogP contribution in [-0.2, 0) is 4.79 Å². The Hall–Kier alpha value is -2.04. The Kier molecular flexibility index (Phi) is 3.82. The van der Waals surface area contributed by atoms with Crippen LogP contribution < -0.4 is 10.1 Å². The summed E-state index contributed by atoms with van der Waals surface area (Å²) in [7, 11) is 0. The van der Waals surface area contributed by atoms with Crippen LogP contribution in [-0.4, -0.2) is 36.0 Å². The summed E-state index contributed by atoms with van der Waals surface area (Å²) in [6, 6.07) is 8.42. The highest BCUT2D eigenvalue weighted by atomic mass is 16.6. The molecule has 96 valence electrons. The fourth-order valence-electron chi connectivity index (χ4n) is 1.99. The number of nitrogens with zero attached hydrogens (tertiary/aromatic N) is 1. The summed E-state index contributed by atoms with van der Waals surface area (Å²) in [5.74, 6) is 0.372. The predicted octanol–water partition coefficient (Wildman–Crippen LogP) is 1.40. The molecule has 2 rings (SSSR count). The molecule has 0 radical (unpaired) electrons. The molecule has 1 aromatic rings. The first-order valence-corrected chi connectivity index (χ1v) is 6.03. The molecule has 5 heteroatoms. The lowest BCUT2D eigenvalue weighted by atomic mass is 10.1. The Morgan fingerprint density at radius 2 is 2.17 bits per heavy atom. The normalized spacial score (nSPS) is 19.3. The number of hydrogen-bond acceptors (Lipinski definition) is 3. The average molecular weight is 248 g/mol. The van der Waals surface area contributed by atoms with Crippen molar-refractivity contribution in [2.24, 2.45) is 0 Å². The minimum absolute atomic E-state index is 0.117. The molecule has 1 fully saturated rings. The Morgan fingerprint density at radius 3 is 2.83 bits per heavy atom. The molecule has 1 aliphatic heterocycles. The van der Waals surface area contributed by atoms with Gasteiger partial charge in [-0.15, -0.1) is 0 Å². The maximum Gasteiger partial charge on any atom is 0.415 e. The molecule has 2 amide bonds. The second-order valence-corrected chi connectivity index (χ2v) is 4.09. The first-order valence-electron chi connectivity index (χ1n) is 6.03. The first-order chi connectivity index (χ1) is 8.72. The molecule has 1 N–H and O–H groups in total. The molecule has 1 heterocycles. The number of carbonyl (C=O) groups is 2. The molecule has 5 nitrogen and oxygen atoms in total. The summed E-state index contributed by atoms with van der Waals surface area (Å²) in [5, 5.41) is 2.74. The quantitative estimate of drug-likeness (QED) is 0.860. The van der Waals surface area contributed by atoms with E-state index < -0.39 is 12.1 Å². The molecule has 18 heavy (non-hydrogen) atoms. The molecular weight excluding hydrogens is 232 g/mol. The zero-order valence-electron chi connectivity index (χ0n) is 10.3. The van der Waals surface area contributed by atoms with Gasteiger partial charge in [-0.2, -0.15) is 0 Å². The van der Waals surface area contributed by atoms with Crippen LogP contribution in [0.15, 0.2) is 30.3 Å². The Labute approximate surface area is 106 Å². The van der Waals surface area contributed by atoms with Gasteiger partial charge < -0.3 is 10.1 Å². The van der Waals surface area contributed by atoms with Crippen molar-refractivity contribution in [2.45, 2.75) is 19.4 Å². The van der Waals surface area contributed by atoms with E-state index in [-0.39, 0.29) is 5.91 Å². The number of piperazine rings is 1. The van der Waals surface area contributed by atoms with Crippen LogP contribution in [0.3, 0.4) is 0 Å². The van der Waals surface area contributed by atoms with Gasteiger partial charge >= 0.3 is 6.09 Å². The monoisotopic (exact) mass is 248 g/mol. The van der Waals surface area contributed by atoms with Crippen molar-refractivity contribution in [2.75, 3.05) is 13.1 Å². The maximum atomic E-state index is 12.0. The smallest absolute Gasteiger partial charge is 0.410 e. The van der Waals surface area contributed by atoms with E-state index in [2.05, 4.69) is 5.32 Å². The van der Waals surface area contributed by atoms with Gasteiger partial charge in [0.15, 0.2) is 0 Å². The fourth-order valence-corrected chi connectivity index (χ4v) is 1.99. The number of amides is 2. The van der Waals surface area contributed by atoms with E-state index in [9.17, 15) is 9.59 Å². The molecular formula is C13H16N2O3. The Bertz CT molecular complexity index is 433. The van der Waals surface area contributed by atoms with E-state index in [1.807, 2.05) is 13.0 Å². The third-order valence-electron chi connectivity index (χ3n) is 2.90. The summed E-state index contributed by atoms with van der Waals surface area (Å²) in [6.45, 7) is 2.83. The number of benzene rings is 1. The minimum Gasteiger partial charge on any atom is -0.410 e. The SMILES string of the molecule is CCC1C(=O)NCCN1C(=O)Oc1ccccc1. The van der Waals surface area contributed by atoms with Gasteiger partial charge in [0, 0.05) is 13.1 Å². The van der Waals surface area contributed by atoms with Crippen molar-refractivity contribution in [3.05, 3.63) is 30.3 Å². The molecule has 1 aromatic carbocycles. The third kappa shape index (κ3) is 2.61. The van der Waals surface area contributed by atoms with Crippen LogP contribution in [0.4, 0.5) is 4.79 Å². The van der Waals surface area contributed by atoms with Crippen molar-refractivity contribution in [3.63, 3.8) is 0 Å². The lowest BCUT2D eigenvalue weighted by Gasteiger charge is -2.33. The number of nitrogens with one attached hydrogen (secondary N) is 1. The molecule has 0 saturated carbocycles. The van der Waals surface area contributed by atoms with Gasteiger partial charge in [0.05, 0.1) is 0 Å². The number of carbonyl (C=O) groups excluding carboxylic acids is 2. The summed E-state index contributed by atoms with van der Waals surface area (Å²) in [4.78, 5) is 25.1. The minimum atomic E-state index is -0.470. The van der Waals surface area contributed by atoms with E-state index >= 15 is 0 Å². The average Bonchev–Trinajstić information content (AvgIpc) is 2.39. The van der Waals surface area contributed by atoms with Crippen LogP contribution in [0.25, 0.3) is 0 Å². The van der Waals surface area contributed by atoms with Gasteiger partial charge in [-0.1, -0.05) is 25.1 Å². The lowest BCUT2D eigenvalue weighted by Crippen LogP contribution is -2.57. The van der Waals surface area contributed by atoms with Crippen molar-refractivity contribution in [1.29, 1.82) is 0 Å². The van der Waals surface area contributed by atoms with Gasteiger partial charge in [0.2, 0.25) is 5.91 Å². The highest BCUT2D eigenvalue weighted by molar-refractivity contribution is 5.87. The fraction of sp³-hybridized carbons (Fsp3) is 0.385. The van der Waals surface area contributed by atoms with Crippen molar-refractivity contribution in [3.8, 4) is 5.75 Å². The van der Waals surface area contributed by atoms with Crippen LogP contribution in [0.5, 0.6) is 5.75 Å². The first kappa shape index (κ1) is 12.4. The van der Waals surface area contributed by atoms with E-state index in [4.69, 9.17) is 4.74 Å².